The molecule has 84 valence electrons. The molecule has 1 atom stereocenters. The molecule has 0 fully saturated rings. The Kier molecular flexibility index (Phi) is 5.08. The van der Waals surface area contributed by atoms with Gasteiger partial charge in [0.2, 0.25) is 0 Å². The number of halogens is 1. The van der Waals surface area contributed by atoms with Crippen molar-refractivity contribution in [1.29, 1.82) is 0 Å². The van der Waals surface area contributed by atoms with Crippen LogP contribution in [-0.4, -0.2) is 19.7 Å². The van der Waals surface area contributed by atoms with Crippen molar-refractivity contribution in [3.8, 4) is 5.75 Å². The molecule has 0 aliphatic heterocycles. The molecule has 0 aromatic heterocycles. The fraction of sp³-hybridized carbons (Fsp3) is 0.455. The molecule has 1 rings (SSSR count). The lowest BCUT2D eigenvalue weighted by atomic mass is 10.2. The molecular weight excluding hydrogens is 256 g/mol. The predicted molar refractivity (Wildman–Crippen MR) is 66.1 cm³/mol. The van der Waals surface area contributed by atoms with E-state index in [0.717, 1.165) is 22.3 Å². The van der Waals surface area contributed by atoms with Crippen LogP contribution in [-0.2, 0) is 6.54 Å². The van der Waals surface area contributed by atoms with Gasteiger partial charge in [0.1, 0.15) is 5.75 Å². The molecule has 0 aliphatic carbocycles. The van der Waals surface area contributed by atoms with Gasteiger partial charge in [0, 0.05) is 29.2 Å². The molecule has 0 saturated heterocycles. The van der Waals surface area contributed by atoms with E-state index in [1.54, 1.807) is 7.11 Å². The third-order valence-electron chi connectivity index (χ3n) is 2.24. The van der Waals surface area contributed by atoms with Gasteiger partial charge in [0.15, 0.2) is 0 Å². The maximum Gasteiger partial charge on any atom is 0.124 e. The van der Waals surface area contributed by atoms with E-state index in [1.807, 2.05) is 18.2 Å². The van der Waals surface area contributed by atoms with Crippen LogP contribution in [0, 0.1) is 0 Å². The molecular formula is C11H17BrN2O. The zero-order valence-corrected chi connectivity index (χ0v) is 10.7. The normalized spacial score (nSPS) is 12.5. The van der Waals surface area contributed by atoms with Crippen molar-refractivity contribution < 1.29 is 4.74 Å². The third-order valence-corrected chi connectivity index (χ3v) is 2.74. The lowest BCUT2D eigenvalue weighted by Crippen LogP contribution is -2.32. The Labute approximate surface area is 99.1 Å². The quantitative estimate of drug-likeness (QED) is 0.861. The van der Waals surface area contributed by atoms with E-state index >= 15 is 0 Å². The molecule has 3 N–H and O–H groups in total. The number of rotatable bonds is 5. The predicted octanol–water partition coefficient (Wildman–Crippen LogP) is 1.89. The average molecular weight is 273 g/mol. The number of ether oxygens (including phenoxy) is 1. The van der Waals surface area contributed by atoms with Crippen LogP contribution in [0.2, 0.25) is 0 Å². The maximum atomic E-state index is 5.53. The van der Waals surface area contributed by atoms with E-state index in [9.17, 15) is 0 Å². The molecule has 15 heavy (non-hydrogen) atoms. The topological polar surface area (TPSA) is 47.3 Å². The Balaban J connectivity index is 2.67. The summed E-state index contributed by atoms with van der Waals surface area (Å²) in [5, 5.41) is 3.32. The summed E-state index contributed by atoms with van der Waals surface area (Å²) in [6, 6.07) is 6.33. The molecule has 0 heterocycles. The standard InChI is InChI=1S/C11H17BrN2O/c1-8(6-13)14-7-9-3-4-10(12)5-11(9)15-2/h3-5,8,14H,6-7,13H2,1-2H3. The Bertz CT molecular complexity index is 317. The van der Waals surface area contributed by atoms with Crippen molar-refractivity contribution in [2.24, 2.45) is 5.73 Å². The zero-order chi connectivity index (χ0) is 11.3. The molecule has 1 aromatic carbocycles. The van der Waals surface area contributed by atoms with Crippen molar-refractivity contribution in [3.63, 3.8) is 0 Å². The second-order valence-electron chi connectivity index (χ2n) is 3.47. The lowest BCUT2D eigenvalue weighted by Gasteiger charge is -2.13. The zero-order valence-electron chi connectivity index (χ0n) is 9.09. The number of methoxy groups -OCH3 is 1. The van der Waals surface area contributed by atoms with Gasteiger partial charge in [-0.1, -0.05) is 22.0 Å². The van der Waals surface area contributed by atoms with Gasteiger partial charge < -0.3 is 15.8 Å². The molecule has 1 aromatic rings. The molecule has 0 bridgehead atoms. The summed E-state index contributed by atoms with van der Waals surface area (Å²) < 4.78 is 6.31. The van der Waals surface area contributed by atoms with Crippen LogP contribution < -0.4 is 15.8 Å². The van der Waals surface area contributed by atoms with E-state index < -0.39 is 0 Å². The second kappa shape index (κ2) is 6.10. The minimum Gasteiger partial charge on any atom is -0.496 e. The highest BCUT2D eigenvalue weighted by Gasteiger charge is 2.04. The number of hydrogen-bond acceptors (Lipinski definition) is 3. The van der Waals surface area contributed by atoms with E-state index in [4.69, 9.17) is 10.5 Å². The van der Waals surface area contributed by atoms with Gasteiger partial charge in [-0.2, -0.15) is 0 Å². The highest BCUT2D eigenvalue weighted by molar-refractivity contribution is 9.10. The summed E-state index contributed by atoms with van der Waals surface area (Å²) in [6.45, 7) is 3.47. The van der Waals surface area contributed by atoms with Gasteiger partial charge in [-0.3, -0.25) is 0 Å². The smallest absolute Gasteiger partial charge is 0.124 e. The fourth-order valence-corrected chi connectivity index (χ4v) is 1.57. The number of nitrogens with two attached hydrogens (primary N) is 1. The molecule has 0 aliphatic rings. The van der Waals surface area contributed by atoms with Crippen molar-refractivity contribution in [1.82, 2.24) is 5.32 Å². The van der Waals surface area contributed by atoms with Crippen LogP contribution in [0.1, 0.15) is 12.5 Å². The minimum atomic E-state index is 0.318. The SMILES string of the molecule is COc1cc(Br)ccc1CNC(C)CN. The van der Waals surface area contributed by atoms with Crippen LogP contribution in [0.25, 0.3) is 0 Å². The summed E-state index contributed by atoms with van der Waals surface area (Å²) in [6.07, 6.45) is 0. The Morgan fingerprint density at radius 1 is 1.53 bits per heavy atom. The first-order valence-corrected chi connectivity index (χ1v) is 5.72. The van der Waals surface area contributed by atoms with Crippen molar-refractivity contribution >= 4 is 15.9 Å². The van der Waals surface area contributed by atoms with Gasteiger partial charge in [0.05, 0.1) is 7.11 Å². The van der Waals surface area contributed by atoms with Crippen LogP contribution >= 0.6 is 15.9 Å². The van der Waals surface area contributed by atoms with Gasteiger partial charge in [-0.15, -0.1) is 0 Å². The van der Waals surface area contributed by atoms with E-state index in [-0.39, 0.29) is 0 Å². The van der Waals surface area contributed by atoms with Gasteiger partial charge >= 0.3 is 0 Å². The van der Waals surface area contributed by atoms with Gasteiger partial charge in [0.25, 0.3) is 0 Å². The van der Waals surface area contributed by atoms with Gasteiger partial charge in [-0.25, -0.2) is 0 Å². The Hall–Kier alpha value is -0.580. The molecule has 0 amide bonds. The molecule has 0 radical (unpaired) electrons. The highest BCUT2D eigenvalue weighted by atomic mass is 79.9. The molecule has 0 spiro atoms. The van der Waals surface area contributed by atoms with Crippen LogP contribution in [0.15, 0.2) is 22.7 Å². The number of nitrogens with one attached hydrogen (secondary N) is 1. The van der Waals surface area contributed by atoms with Crippen LogP contribution in [0.4, 0.5) is 0 Å². The van der Waals surface area contributed by atoms with E-state index in [1.165, 1.54) is 0 Å². The number of benzene rings is 1. The number of hydrogen-bond donors (Lipinski definition) is 2. The summed E-state index contributed by atoms with van der Waals surface area (Å²) in [5.74, 6) is 0.890. The van der Waals surface area contributed by atoms with Gasteiger partial charge in [-0.05, 0) is 19.1 Å². The van der Waals surface area contributed by atoms with Crippen LogP contribution in [0.3, 0.4) is 0 Å². The average Bonchev–Trinajstić information content (AvgIpc) is 2.26. The molecule has 4 heteroatoms. The molecule has 1 unspecified atom stereocenters. The maximum absolute atomic E-state index is 5.53. The Morgan fingerprint density at radius 3 is 2.87 bits per heavy atom. The first-order chi connectivity index (χ1) is 7.17. The van der Waals surface area contributed by atoms with Crippen LogP contribution in [0.5, 0.6) is 5.75 Å². The highest BCUT2D eigenvalue weighted by Crippen LogP contribution is 2.23. The van der Waals surface area contributed by atoms with E-state index in [0.29, 0.717) is 12.6 Å². The first kappa shape index (κ1) is 12.5. The second-order valence-corrected chi connectivity index (χ2v) is 4.39. The summed E-state index contributed by atoms with van der Waals surface area (Å²) in [4.78, 5) is 0. The summed E-state index contributed by atoms with van der Waals surface area (Å²) in [7, 11) is 1.68. The lowest BCUT2D eigenvalue weighted by molar-refractivity contribution is 0.405. The van der Waals surface area contributed by atoms with Crippen molar-refractivity contribution in [3.05, 3.63) is 28.2 Å². The third kappa shape index (κ3) is 3.81. The fourth-order valence-electron chi connectivity index (χ4n) is 1.23. The van der Waals surface area contributed by atoms with E-state index in [2.05, 4.69) is 28.2 Å². The summed E-state index contributed by atoms with van der Waals surface area (Å²) >= 11 is 3.41. The monoisotopic (exact) mass is 272 g/mol. The molecule has 3 nitrogen and oxygen atoms in total. The molecule has 0 saturated carbocycles. The minimum absolute atomic E-state index is 0.318. The summed E-state index contributed by atoms with van der Waals surface area (Å²) in [5.41, 5.74) is 6.67. The van der Waals surface area contributed by atoms with Crippen molar-refractivity contribution in [2.45, 2.75) is 19.5 Å². The van der Waals surface area contributed by atoms with Crippen molar-refractivity contribution in [2.75, 3.05) is 13.7 Å². The largest absolute Gasteiger partial charge is 0.496 e. The Morgan fingerprint density at radius 2 is 2.27 bits per heavy atom. The first-order valence-electron chi connectivity index (χ1n) is 4.93.